The minimum Gasteiger partial charge on any atom is -0.464 e. The molecule has 1 saturated carbocycles. The third-order valence-corrected chi connectivity index (χ3v) is 4.01. The van der Waals surface area contributed by atoms with Gasteiger partial charge < -0.3 is 15.0 Å². The maximum atomic E-state index is 12.2. The Kier molecular flexibility index (Phi) is 5.05. The summed E-state index contributed by atoms with van der Waals surface area (Å²) in [6, 6.07) is -0.198. The molecule has 1 unspecified atom stereocenters. The molecule has 5 heteroatoms. The largest absolute Gasteiger partial charge is 0.464 e. The van der Waals surface area contributed by atoms with Crippen molar-refractivity contribution < 1.29 is 14.3 Å². The van der Waals surface area contributed by atoms with Crippen molar-refractivity contribution in [3.05, 3.63) is 0 Å². The zero-order valence-electron chi connectivity index (χ0n) is 11.7. The van der Waals surface area contributed by atoms with E-state index in [0.29, 0.717) is 13.2 Å². The fraction of sp³-hybridized carbons (Fsp3) is 0.857. The van der Waals surface area contributed by atoms with Crippen LogP contribution < -0.4 is 5.32 Å². The standard InChI is InChI=1S/C14H24N2O3/c1-2-19-13(17)12-9-6-10-16(12)14(18)15-11-7-4-3-5-8-11/h11-12H,2-10H2,1H3,(H,15,18). The highest BCUT2D eigenvalue weighted by molar-refractivity contribution is 5.84. The van der Waals surface area contributed by atoms with Crippen molar-refractivity contribution in [1.82, 2.24) is 10.2 Å². The molecule has 0 aromatic rings. The highest BCUT2D eigenvalue weighted by atomic mass is 16.5. The highest BCUT2D eigenvalue weighted by Gasteiger charge is 2.35. The average Bonchev–Trinajstić information content (AvgIpc) is 2.89. The lowest BCUT2D eigenvalue weighted by Gasteiger charge is -2.28. The molecular formula is C14H24N2O3. The van der Waals surface area contributed by atoms with Crippen molar-refractivity contribution >= 4 is 12.0 Å². The molecular weight excluding hydrogens is 244 g/mol. The number of carbonyl (C=O) groups excluding carboxylic acids is 2. The predicted molar refractivity (Wildman–Crippen MR) is 71.8 cm³/mol. The molecule has 0 aromatic carbocycles. The molecule has 1 atom stereocenters. The lowest BCUT2D eigenvalue weighted by Crippen LogP contribution is -2.49. The Morgan fingerprint density at radius 1 is 1.16 bits per heavy atom. The Labute approximate surface area is 114 Å². The molecule has 0 bridgehead atoms. The molecule has 2 fully saturated rings. The van der Waals surface area contributed by atoms with E-state index in [4.69, 9.17) is 4.74 Å². The number of likely N-dealkylation sites (tertiary alicyclic amines) is 1. The summed E-state index contributed by atoms with van der Waals surface area (Å²) in [6.07, 6.45) is 7.35. The summed E-state index contributed by atoms with van der Waals surface area (Å²) in [6.45, 7) is 2.81. The first-order valence-electron chi connectivity index (χ1n) is 7.46. The van der Waals surface area contributed by atoms with E-state index in [9.17, 15) is 9.59 Å². The monoisotopic (exact) mass is 268 g/mol. The van der Waals surface area contributed by atoms with E-state index < -0.39 is 0 Å². The smallest absolute Gasteiger partial charge is 0.328 e. The molecule has 108 valence electrons. The number of esters is 1. The zero-order chi connectivity index (χ0) is 13.7. The molecule has 0 aromatic heterocycles. The topological polar surface area (TPSA) is 58.6 Å². The number of hydrogen-bond donors (Lipinski definition) is 1. The minimum atomic E-state index is -0.386. The van der Waals surface area contributed by atoms with Gasteiger partial charge >= 0.3 is 12.0 Å². The quantitative estimate of drug-likeness (QED) is 0.797. The number of ether oxygens (including phenoxy) is 1. The molecule has 2 amide bonds. The van der Waals surface area contributed by atoms with E-state index in [-0.39, 0.29) is 24.1 Å². The summed E-state index contributed by atoms with van der Waals surface area (Å²) in [7, 11) is 0. The van der Waals surface area contributed by atoms with E-state index in [2.05, 4.69) is 5.32 Å². The minimum absolute atomic E-state index is 0.0950. The van der Waals surface area contributed by atoms with Gasteiger partial charge in [-0.1, -0.05) is 19.3 Å². The van der Waals surface area contributed by atoms with Gasteiger partial charge in [0.15, 0.2) is 0 Å². The van der Waals surface area contributed by atoms with E-state index in [0.717, 1.165) is 25.7 Å². The van der Waals surface area contributed by atoms with Crippen LogP contribution in [0.2, 0.25) is 0 Å². The van der Waals surface area contributed by atoms with E-state index in [1.165, 1.54) is 19.3 Å². The summed E-state index contributed by atoms with van der Waals surface area (Å²) in [5.41, 5.74) is 0. The van der Waals surface area contributed by atoms with Crippen molar-refractivity contribution in [2.75, 3.05) is 13.2 Å². The predicted octanol–water partition coefficient (Wildman–Crippen LogP) is 2.06. The summed E-state index contributed by atoms with van der Waals surface area (Å²) in [5, 5.41) is 3.07. The van der Waals surface area contributed by atoms with Crippen molar-refractivity contribution in [1.29, 1.82) is 0 Å². The second kappa shape index (κ2) is 6.78. The first-order valence-corrected chi connectivity index (χ1v) is 7.46. The van der Waals surface area contributed by atoms with Gasteiger partial charge in [0.25, 0.3) is 0 Å². The molecule has 1 aliphatic heterocycles. The van der Waals surface area contributed by atoms with Gasteiger partial charge in [0, 0.05) is 12.6 Å². The second-order valence-electron chi connectivity index (χ2n) is 5.39. The fourth-order valence-electron chi connectivity index (χ4n) is 3.00. The Morgan fingerprint density at radius 2 is 1.89 bits per heavy atom. The Bertz CT molecular complexity index is 327. The van der Waals surface area contributed by atoms with Crippen LogP contribution in [-0.2, 0) is 9.53 Å². The maximum absolute atomic E-state index is 12.2. The molecule has 1 N–H and O–H groups in total. The number of rotatable bonds is 3. The van der Waals surface area contributed by atoms with Gasteiger partial charge in [-0.3, -0.25) is 0 Å². The van der Waals surface area contributed by atoms with E-state index >= 15 is 0 Å². The highest BCUT2D eigenvalue weighted by Crippen LogP contribution is 2.21. The third kappa shape index (κ3) is 3.61. The van der Waals surface area contributed by atoms with Crippen LogP contribution in [0.15, 0.2) is 0 Å². The molecule has 5 nitrogen and oxygen atoms in total. The van der Waals surface area contributed by atoms with Crippen LogP contribution in [0.4, 0.5) is 4.79 Å². The Hall–Kier alpha value is -1.26. The molecule has 0 radical (unpaired) electrons. The van der Waals surface area contributed by atoms with Gasteiger partial charge in [0.2, 0.25) is 0 Å². The number of carbonyl (C=O) groups is 2. The fourth-order valence-corrected chi connectivity index (χ4v) is 3.00. The van der Waals surface area contributed by atoms with Crippen LogP contribution in [-0.4, -0.2) is 42.1 Å². The van der Waals surface area contributed by atoms with Crippen LogP contribution in [0.5, 0.6) is 0 Å². The Morgan fingerprint density at radius 3 is 2.58 bits per heavy atom. The van der Waals surface area contributed by atoms with Gasteiger partial charge in [-0.15, -0.1) is 0 Å². The third-order valence-electron chi connectivity index (χ3n) is 4.01. The van der Waals surface area contributed by atoms with Gasteiger partial charge in [-0.05, 0) is 32.6 Å². The molecule has 2 aliphatic rings. The van der Waals surface area contributed by atoms with Gasteiger partial charge in [-0.25, -0.2) is 9.59 Å². The number of nitrogens with one attached hydrogen (secondary N) is 1. The average molecular weight is 268 g/mol. The number of nitrogens with zero attached hydrogens (tertiary/aromatic N) is 1. The van der Waals surface area contributed by atoms with Gasteiger partial charge in [-0.2, -0.15) is 0 Å². The number of urea groups is 1. The lowest BCUT2D eigenvalue weighted by atomic mass is 9.96. The lowest BCUT2D eigenvalue weighted by molar-refractivity contribution is -0.147. The van der Waals surface area contributed by atoms with Crippen LogP contribution in [0.3, 0.4) is 0 Å². The van der Waals surface area contributed by atoms with Crippen LogP contribution >= 0.6 is 0 Å². The summed E-state index contributed by atoms with van der Waals surface area (Å²) < 4.78 is 5.04. The first-order chi connectivity index (χ1) is 9.22. The molecule has 0 spiro atoms. The van der Waals surface area contributed by atoms with Crippen LogP contribution in [0.1, 0.15) is 51.9 Å². The second-order valence-corrected chi connectivity index (χ2v) is 5.39. The normalized spacial score (nSPS) is 24.3. The van der Waals surface area contributed by atoms with Crippen molar-refractivity contribution in [3.63, 3.8) is 0 Å². The first kappa shape index (κ1) is 14.2. The van der Waals surface area contributed by atoms with Gasteiger partial charge in [0.05, 0.1) is 6.61 Å². The molecule has 1 saturated heterocycles. The van der Waals surface area contributed by atoms with Crippen LogP contribution in [0.25, 0.3) is 0 Å². The van der Waals surface area contributed by atoms with E-state index in [1.54, 1.807) is 11.8 Å². The molecule has 19 heavy (non-hydrogen) atoms. The van der Waals surface area contributed by atoms with Gasteiger partial charge in [0.1, 0.15) is 6.04 Å². The summed E-state index contributed by atoms with van der Waals surface area (Å²) in [4.78, 5) is 25.7. The SMILES string of the molecule is CCOC(=O)C1CCCN1C(=O)NC1CCCCC1. The molecule has 1 heterocycles. The van der Waals surface area contributed by atoms with E-state index in [1.807, 2.05) is 0 Å². The maximum Gasteiger partial charge on any atom is 0.328 e. The van der Waals surface area contributed by atoms with Crippen molar-refractivity contribution in [2.24, 2.45) is 0 Å². The zero-order valence-corrected chi connectivity index (χ0v) is 11.7. The number of hydrogen-bond acceptors (Lipinski definition) is 3. The molecule has 2 rings (SSSR count). The van der Waals surface area contributed by atoms with Crippen molar-refractivity contribution in [2.45, 2.75) is 64.0 Å². The molecule has 1 aliphatic carbocycles. The van der Waals surface area contributed by atoms with Crippen molar-refractivity contribution in [3.8, 4) is 0 Å². The summed E-state index contributed by atoms with van der Waals surface area (Å²) in [5.74, 6) is -0.265. The summed E-state index contributed by atoms with van der Waals surface area (Å²) >= 11 is 0. The number of amides is 2. The Balaban J connectivity index is 1.87. The van der Waals surface area contributed by atoms with Crippen LogP contribution in [0, 0.1) is 0 Å².